The van der Waals surface area contributed by atoms with E-state index in [1.165, 1.54) is 19.2 Å². The van der Waals surface area contributed by atoms with Gasteiger partial charge in [-0.15, -0.1) is 0 Å². The molecular weight excluding hydrogens is 410 g/mol. The number of nitrogens with zero attached hydrogens (tertiary/aromatic N) is 1. The van der Waals surface area contributed by atoms with Crippen LogP contribution in [0.15, 0.2) is 42.5 Å². The quantitative estimate of drug-likeness (QED) is 0.692. The molecule has 30 heavy (non-hydrogen) atoms. The Kier molecular flexibility index (Phi) is 6.46. The third-order valence-electron chi connectivity index (χ3n) is 4.38. The maximum absolute atomic E-state index is 12.6. The van der Waals surface area contributed by atoms with Crippen molar-refractivity contribution in [1.29, 1.82) is 0 Å². The number of rotatable bonds is 7. The Balaban J connectivity index is 1.59. The van der Waals surface area contributed by atoms with Gasteiger partial charge in [-0.3, -0.25) is 14.3 Å². The number of hydrogen-bond acceptors (Lipinski definition) is 6. The molecule has 0 bridgehead atoms. The normalized spacial score (nSPS) is 13.1. The highest BCUT2D eigenvalue weighted by Gasteiger charge is 2.23. The summed E-state index contributed by atoms with van der Waals surface area (Å²) in [5, 5.41) is 2.69. The molecule has 0 saturated heterocycles. The number of sulfonamides is 1. The van der Waals surface area contributed by atoms with Gasteiger partial charge in [0.1, 0.15) is 18.1 Å². The van der Waals surface area contributed by atoms with Crippen LogP contribution in [0.5, 0.6) is 11.5 Å². The van der Waals surface area contributed by atoms with Gasteiger partial charge in [0, 0.05) is 24.6 Å². The van der Waals surface area contributed by atoms with Gasteiger partial charge in [-0.2, -0.15) is 0 Å². The van der Waals surface area contributed by atoms with Gasteiger partial charge in [0.15, 0.2) is 0 Å². The van der Waals surface area contributed by atoms with Crippen molar-refractivity contribution in [1.82, 2.24) is 0 Å². The van der Waals surface area contributed by atoms with Crippen LogP contribution in [0.3, 0.4) is 0 Å². The van der Waals surface area contributed by atoms with E-state index in [-0.39, 0.29) is 36.1 Å². The number of hydrogen-bond donors (Lipinski definition) is 2. The summed E-state index contributed by atoms with van der Waals surface area (Å²) in [6.07, 6.45) is 1.08. The highest BCUT2D eigenvalue weighted by molar-refractivity contribution is 7.92. The summed E-state index contributed by atoms with van der Waals surface area (Å²) in [5.41, 5.74) is 1.40. The highest BCUT2D eigenvalue weighted by atomic mass is 32.2. The first-order chi connectivity index (χ1) is 14.3. The molecule has 3 rings (SSSR count). The summed E-state index contributed by atoms with van der Waals surface area (Å²) in [4.78, 5) is 26.5. The number of amides is 2. The summed E-state index contributed by atoms with van der Waals surface area (Å²) < 4.78 is 35.9. The zero-order valence-electron chi connectivity index (χ0n) is 16.7. The second kappa shape index (κ2) is 9.04. The van der Waals surface area contributed by atoms with Crippen LogP contribution in [-0.2, 0) is 19.6 Å². The summed E-state index contributed by atoms with van der Waals surface area (Å²) >= 11 is 0. The first kappa shape index (κ1) is 21.4. The third-order valence-corrected chi connectivity index (χ3v) is 4.97. The van der Waals surface area contributed by atoms with Gasteiger partial charge in [0.2, 0.25) is 21.8 Å². The lowest BCUT2D eigenvalue weighted by atomic mass is 10.2. The third kappa shape index (κ3) is 5.41. The Morgan fingerprint density at radius 2 is 1.93 bits per heavy atom. The predicted octanol–water partition coefficient (Wildman–Crippen LogP) is 2.21. The maximum atomic E-state index is 12.6. The number of nitrogens with one attached hydrogen (secondary N) is 2. The molecule has 0 saturated carbocycles. The molecular formula is C20H23N3O6S. The average Bonchev–Trinajstić information content (AvgIpc) is 2.71. The van der Waals surface area contributed by atoms with E-state index in [0.29, 0.717) is 30.3 Å². The van der Waals surface area contributed by atoms with E-state index in [0.717, 1.165) is 6.26 Å². The number of benzene rings is 2. The van der Waals surface area contributed by atoms with Crippen molar-refractivity contribution in [3.63, 3.8) is 0 Å². The second-order valence-electron chi connectivity index (χ2n) is 6.70. The lowest BCUT2D eigenvalue weighted by Gasteiger charge is -2.29. The van der Waals surface area contributed by atoms with Crippen molar-refractivity contribution in [2.24, 2.45) is 0 Å². The Hall–Kier alpha value is -3.27. The number of anilines is 3. The van der Waals surface area contributed by atoms with Gasteiger partial charge < -0.3 is 19.7 Å². The highest BCUT2D eigenvalue weighted by Crippen LogP contribution is 2.31. The van der Waals surface area contributed by atoms with Gasteiger partial charge in [-0.1, -0.05) is 12.1 Å². The van der Waals surface area contributed by atoms with E-state index in [2.05, 4.69) is 10.0 Å². The van der Waals surface area contributed by atoms with E-state index >= 15 is 0 Å². The summed E-state index contributed by atoms with van der Waals surface area (Å²) in [7, 11) is -2.07. The number of carbonyl (C=O) groups excluding carboxylic acids is 2. The van der Waals surface area contributed by atoms with Crippen molar-refractivity contribution in [3.05, 3.63) is 42.5 Å². The first-order valence-corrected chi connectivity index (χ1v) is 11.1. The van der Waals surface area contributed by atoms with E-state index in [9.17, 15) is 18.0 Å². The molecule has 2 aromatic carbocycles. The van der Waals surface area contributed by atoms with Gasteiger partial charge >= 0.3 is 0 Å². The number of carbonyl (C=O) groups is 2. The summed E-state index contributed by atoms with van der Waals surface area (Å²) in [6.45, 7) is 0.839. The first-order valence-electron chi connectivity index (χ1n) is 9.25. The average molecular weight is 433 g/mol. The Morgan fingerprint density at radius 1 is 1.17 bits per heavy atom. The molecule has 2 amide bonds. The molecule has 10 heteroatoms. The van der Waals surface area contributed by atoms with Crippen molar-refractivity contribution >= 4 is 38.9 Å². The lowest BCUT2D eigenvalue weighted by Crippen LogP contribution is -2.38. The van der Waals surface area contributed by atoms with E-state index < -0.39 is 10.0 Å². The molecule has 160 valence electrons. The van der Waals surface area contributed by atoms with Crippen LogP contribution < -0.4 is 24.4 Å². The topological polar surface area (TPSA) is 114 Å². The van der Waals surface area contributed by atoms with Crippen LogP contribution in [0.25, 0.3) is 0 Å². The van der Waals surface area contributed by atoms with Crippen molar-refractivity contribution in [2.75, 3.05) is 41.5 Å². The Bertz CT molecular complexity index is 1050. The minimum Gasteiger partial charge on any atom is -0.494 e. The van der Waals surface area contributed by atoms with Crippen LogP contribution in [0, 0.1) is 0 Å². The molecule has 0 aliphatic carbocycles. The standard InChI is InChI=1S/C20H23N3O6S/c1-28-18-13-14(7-8-15(18)22-30(2,26)27)21-19(24)9-10-20(25)23-11-12-29-17-6-4-3-5-16(17)23/h3-8,13,22H,9-12H2,1-2H3,(H,21,24). The lowest BCUT2D eigenvalue weighted by molar-refractivity contribution is -0.122. The largest absolute Gasteiger partial charge is 0.494 e. The predicted molar refractivity (Wildman–Crippen MR) is 114 cm³/mol. The van der Waals surface area contributed by atoms with Crippen molar-refractivity contribution < 1.29 is 27.5 Å². The fourth-order valence-corrected chi connectivity index (χ4v) is 3.63. The van der Waals surface area contributed by atoms with E-state index in [1.807, 2.05) is 18.2 Å². The zero-order valence-corrected chi connectivity index (χ0v) is 17.5. The van der Waals surface area contributed by atoms with Crippen LogP contribution in [0.4, 0.5) is 17.1 Å². The molecule has 1 heterocycles. The van der Waals surface area contributed by atoms with Gasteiger partial charge in [0.25, 0.3) is 0 Å². The van der Waals surface area contributed by atoms with Crippen molar-refractivity contribution in [3.8, 4) is 11.5 Å². The van der Waals surface area contributed by atoms with Crippen molar-refractivity contribution in [2.45, 2.75) is 12.8 Å². The maximum Gasteiger partial charge on any atom is 0.229 e. The SMILES string of the molecule is COc1cc(NC(=O)CCC(=O)N2CCOc3ccccc32)ccc1NS(C)(=O)=O. The zero-order chi connectivity index (χ0) is 21.7. The molecule has 2 N–H and O–H groups in total. The van der Waals surface area contributed by atoms with Crippen LogP contribution >= 0.6 is 0 Å². The van der Waals surface area contributed by atoms with Gasteiger partial charge in [-0.05, 0) is 24.3 Å². The fourth-order valence-electron chi connectivity index (χ4n) is 3.06. The minimum atomic E-state index is -3.46. The Morgan fingerprint density at radius 3 is 2.67 bits per heavy atom. The molecule has 9 nitrogen and oxygen atoms in total. The monoisotopic (exact) mass is 433 g/mol. The van der Waals surface area contributed by atoms with Crippen LogP contribution in [0.2, 0.25) is 0 Å². The smallest absolute Gasteiger partial charge is 0.229 e. The molecule has 0 radical (unpaired) electrons. The molecule has 1 aliphatic rings. The fraction of sp³-hybridized carbons (Fsp3) is 0.300. The number of ether oxygens (including phenoxy) is 2. The minimum absolute atomic E-state index is 0.00398. The molecule has 0 aromatic heterocycles. The molecule has 0 fully saturated rings. The van der Waals surface area contributed by atoms with Gasteiger partial charge in [0.05, 0.1) is 31.3 Å². The molecule has 1 aliphatic heterocycles. The molecule has 2 aromatic rings. The molecule has 0 atom stereocenters. The van der Waals surface area contributed by atoms with E-state index in [4.69, 9.17) is 9.47 Å². The molecule has 0 spiro atoms. The summed E-state index contributed by atoms with van der Waals surface area (Å²) in [5.74, 6) is 0.414. The van der Waals surface area contributed by atoms with Crippen LogP contribution in [0.1, 0.15) is 12.8 Å². The van der Waals surface area contributed by atoms with Crippen LogP contribution in [-0.4, -0.2) is 46.7 Å². The Labute approximate surface area is 175 Å². The number of fused-ring (bicyclic) bond motifs is 1. The number of methoxy groups -OCH3 is 1. The van der Waals surface area contributed by atoms with Gasteiger partial charge in [-0.25, -0.2) is 8.42 Å². The second-order valence-corrected chi connectivity index (χ2v) is 8.45. The van der Waals surface area contributed by atoms with E-state index in [1.54, 1.807) is 17.0 Å². The summed E-state index contributed by atoms with van der Waals surface area (Å²) in [6, 6.07) is 11.8. The molecule has 0 unspecified atom stereocenters. The number of para-hydroxylation sites is 2.